The Morgan fingerprint density at radius 1 is 1.57 bits per heavy atom. The molecule has 0 amide bonds. The Balaban J connectivity index is 3.60. The van der Waals surface area contributed by atoms with Crippen LogP contribution in [0.5, 0.6) is 0 Å². The van der Waals surface area contributed by atoms with Crippen LogP contribution in [-0.4, -0.2) is 14.2 Å². The van der Waals surface area contributed by atoms with Gasteiger partial charge in [0, 0.05) is 5.75 Å². The molecule has 7 heavy (non-hydrogen) atoms. The Hall–Kier alpha value is -0.0900. The van der Waals surface area contributed by atoms with Crippen LogP contribution < -0.4 is 0 Å². The van der Waals surface area contributed by atoms with Gasteiger partial charge >= 0.3 is 0 Å². The molecule has 0 saturated heterocycles. The fourth-order valence-electron chi connectivity index (χ4n) is 0.269. The maximum absolute atomic E-state index is 9.90. The lowest BCUT2D eigenvalue weighted by Gasteiger charge is -1.98. The molecule has 0 aromatic heterocycles. The van der Waals surface area contributed by atoms with Crippen molar-refractivity contribution in [3.8, 4) is 0 Å². The summed E-state index contributed by atoms with van der Waals surface area (Å²) in [7, 11) is -3.42. The summed E-state index contributed by atoms with van der Waals surface area (Å²) >= 11 is 0. The highest BCUT2D eigenvalue weighted by Crippen LogP contribution is 1.89. The molecule has 0 aromatic rings. The van der Waals surface area contributed by atoms with E-state index in [1.54, 1.807) is 6.92 Å². The molecular weight excluding hydrogens is 114 g/mol. The number of nitrogens with one attached hydrogen (secondary N) is 1. The summed E-state index contributed by atoms with van der Waals surface area (Å²) in [5.74, 6) is -0.0208. The molecule has 0 aliphatic carbocycles. The molecule has 0 atom stereocenters. The SMILES string of the molecule is CCCS([NH-])(=O)=O. The topological polar surface area (TPSA) is 57.9 Å². The van der Waals surface area contributed by atoms with Crippen LogP contribution in [0.25, 0.3) is 5.14 Å². The van der Waals surface area contributed by atoms with Crippen LogP contribution in [-0.2, 0) is 10.0 Å². The third-order valence-electron chi connectivity index (χ3n) is 0.473. The van der Waals surface area contributed by atoms with Crippen molar-refractivity contribution in [1.82, 2.24) is 0 Å². The zero-order valence-corrected chi connectivity index (χ0v) is 4.96. The minimum Gasteiger partial charge on any atom is -0.564 e. The molecular formula is C3H8NO2S-. The highest BCUT2D eigenvalue weighted by molar-refractivity contribution is 7.93. The first-order valence-corrected chi connectivity index (χ1v) is 3.69. The standard InChI is InChI=1S/C3H8NO2S/c1-2-3-7(4,5)6/h2-3H2,1H3,(H-,4,5,6)/q-1. The van der Waals surface area contributed by atoms with Gasteiger partial charge in [-0.3, -0.25) is 0 Å². The van der Waals surface area contributed by atoms with Crippen LogP contribution >= 0.6 is 0 Å². The molecule has 44 valence electrons. The zero-order valence-electron chi connectivity index (χ0n) is 4.14. The molecule has 1 N–H and O–H groups in total. The van der Waals surface area contributed by atoms with Crippen molar-refractivity contribution in [3.63, 3.8) is 0 Å². The van der Waals surface area contributed by atoms with Crippen LogP contribution in [0.2, 0.25) is 0 Å². The Morgan fingerprint density at radius 2 is 2.00 bits per heavy atom. The van der Waals surface area contributed by atoms with Gasteiger partial charge in [-0.05, 0) is 6.42 Å². The molecule has 0 unspecified atom stereocenters. The van der Waals surface area contributed by atoms with E-state index in [0.717, 1.165) is 0 Å². The monoisotopic (exact) mass is 122 g/mol. The molecule has 0 fully saturated rings. The molecule has 0 radical (unpaired) electrons. The smallest absolute Gasteiger partial charge is 0.0699 e. The van der Waals surface area contributed by atoms with E-state index in [4.69, 9.17) is 5.14 Å². The molecule has 0 heterocycles. The second kappa shape index (κ2) is 2.28. The molecule has 0 aliphatic rings. The van der Waals surface area contributed by atoms with Gasteiger partial charge in [-0.1, -0.05) is 6.92 Å². The average Bonchev–Trinajstić information content (AvgIpc) is 1.30. The molecule has 0 bridgehead atoms. The Labute approximate surface area is 43.6 Å². The van der Waals surface area contributed by atoms with E-state index in [1.807, 2.05) is 0 Å². The number of hydrogen-bond donors (Lipinski definition) is 0. The number of sulfonamides is 1. The van der Waals surface area contributed by atoms with E-state index < -0.39 is 10.0 Å². The van der Waals surface area contributed by atoms with Gasteiger partial charge in [0.1, 0.15) is 0 Å². The average molecular weight is 122 g/mol. The summed E-state index contributed by atoms with van der Waals surface area (Å²) in [6.07, 6.45) is 0.534. The lowest BCUT2D eigenvalue weighted by Crippen LogP contribution is -1.95. The Bertz CT molecular complexity index is 126. The van der Waals surface area contributed by atoms with Gasteiger partial charge in [0.05, 0.1) is 10.0 Å². The van der Waals surface area contributed by atoms with E-state index in [9.17, 15) is 8.42 Å². The first-order valence-electron chi connectivity index (χ1n) is 2.03. The Morgan fingerprint density at radius 3 is 2.00 bits per heavy atom. The fraction of sp³-hybridized carbons (Fsp3) is 1.00. The zero-order chi connectivity index (χ0) is 5.91. The van der Waals surface area contributed by atoms with Crippen molar-refractivity contribution in [1.29, 1.82) is 0 Å². The largest absolute Gasteiger partial charge is 0.564 e. The van der Waals surface area contributed by atoms with Crippen molar-refractivity contribution in [3.05, 3.63) is 5.14 Å². The number of rotatable bonds is 2. The van der Waals surface area contributed by atoms with E-state index in [2.05, 4.69) is 0 Å². The lowest BCUT2D eigenvalue weighted by molar-refractivity contribution is 0.603. The summed E-state index contributed by atoms with van der Waals surface area (Å²) < 4.78 is 19.8. The van der Waals surface area contributed by atoms with Crippen LogP contribution in [0.15, 0.2) is 0 Å². The minimum absolute atomic E-state index is 0.0208. The van der Waals surface area contributed by atoms with E-state index >= 15 is 0 Å². The molecule has 4 heteroatoms. The first-order chi connectivity index (χ1) is 3.06. The molecule has 0 aliphatic heterocycles. The molecule has 3 nitrogen and oxygen atoms in total. The summed E-state index contributed by atoms with van der Waals surface area (Å²) in [6.45, 7) is 1.73. The highest BCUT2D eigenvalue weighted by atomic mass is 32.2. The summed E-state index contributed by atoms with van der Waals surface area (Å²) in [4.78, 5) is 0. The lowest BCUT2D eigenvalue weighted by atomic mass is 10.6. The quantitative estimate of drug-likeness (QED) is 0.543. The first kappa shape index (κ1) is 6.91. The van der Waals surface area contributed by atoms with Crippen molar-refractivity contribution >= 4 is 10.0 Å². The predicted octanol–water partition coefficient (Wildman–Crippen LogP) is 0.778. The van der Waals surface area contributed by atoms with E-state index in [0.29, 0.717) is 6.42 Å². The van der Waals surface area contributed by atoms with Crippen molar-refractivity contribution in [2.45, 2.75) is 13.3 Å². The van der Waals surface area contributed by atoms with Gasteiger partial charge in [0.2, 0.25) is 0 Å². The Kier molecular flexibility index (Phi) is 2.25. The van der Waals surface area contributed by atoms with Crippen LogP contribution in [0.1, 0.15) is 13.3 Å². The third kappa shape index (κ3) is 5.91. The molecule has 0 rings (SSSR count). The van der Waals surface area contributed by atoms with Crippen molar-refractivity contribution in [2.75, 3.05) is 5.75 Å². The minimum atomic E-state index is -3.42. The van der Waals surface area contributed by atoms with E-state index in [1.165, 1.54) is 0 Å². The van der Waals surface area contributed by atoms with Crippen LogP contribution in [0.3, 0.4) is 0 Å². The summed E-state index contributed by atoms with van der Waals surface area (Å²) in [5.41, 5.74) is 0. The van der Waals surface area contributed by atoms with Crippen LogP contribution in [0, 0.1) is 0 Å². The third-order valence-corrected chi connectivity index (χ3v) is 1.42. The van der Waals surface area contributed by atoms with Crippen LogP contribution in [0.4, 0.5) is 0 Å². The van der Waals surface area contributed by atoms with Gasteiger partial charge in [0.25, 0.3) is 0 Å². The van der Waals surface area contributed by atoms with Gasteiger partial charge < -0.3 is 5.14 Å². The number of hydrogen-bond acceptors (Lipinski definition) is 2. The maximum atomic E-state index is 9.90. The maximum Gasteiger partial charge on any atom is 0.0699 e. The summed E-state index contributed by atoms with van der Waals surface area (Å²) in [6, 6.07) is 0. The van der Waals surface area contributed by atoms with E-state index in [-0.39, 0.29) is 5.75 Å². The second-order valence-corrected chi connectivity index (χ2v) is 2.96. The normalized spacial score (nSPS) is 11.7. The van der Waals surface area contributed by atoms with Gasteiger partial charge in [-0.15, -0.1) is 0 Å². The summed E-state index contributed by atoms with van der Waals surface area (Å²) in [5, 5.41) is 6.30. The van der Waals surface area contributed by atoms with Crippen molar-refractivity contribution < 1.29 is 8.42 Å². The van der Waals surface area contributed by atoms with Gasteiger partial charge in [-0.25, -0.2) is 8.42 Å². The molecule has 0 spiro atoms. The predicted molar refractivity (Wildman–Crippen MR) is 28.4 cm³/mol. The molecule has 0 saturated carbocycles. The molecule has 0 aromatic carbocycles. The van der Waals surface area contributed by atoms with Crippen molar-refractivity contribution in [2.24, 2.45) is 0 Å². The second-order valence-electron chi connectivity index (χ2n) is 1.32. The van der Waals surface area contributed by atoms with Gasteiger partial charge in [0.15, 0.2) is 0 Å². The highest BCUT2D eigenvalue weighted by Gasteiger charge is 1.86. The van der Waals surface area contributed by atoms with Gasteiger partial charge in [-0.2, -0.15) is 0 Å². The fourth-order valence-corrected chi connectivity index (χ4v) is 0.806.